The zero-order valence-electron chi connectivity index (χ0n) is 11.3. The van der Waals surface area contributed by atoms with E-state index in [2.05, 4.69) is 30.7 Å². The second kappa shape index (κ2) is 5.45. The monoisotopic (exact) mass is 287 g/mol. The summed E-state index contributed by atoms with van der Waals surface area (Å²) in [5, 5.41) is 1.06. The first-order valence-corrected chi connectivity index (χ1v) is 7.72. The highest BCUT2D eigenvalue weighted by atomic mass is 35.5. The lowest BCUT2D eigenvalue weighted by molar-refractivity contribution is 0.0754. The minimum absolute atomic E-state index is 0.102. The van der Waals surface area contributed by atoms with Crippen molar-refractivity contribution in [3.05, 3.63) is 15.5 Å². The summed E-state index contributed by atoms with van der Waals surface area (Å²) in [7, 11) is 0. The van der Waals surface area contributed by atoms with Crippen molar-refractivity contribution in [1.29, 1.82) is 0 Å². The second-order valence-electron chi connectivity index (χ2n) is 5.97. The van der Waals surface area contributed by atoms with Crippen LogP contribution in [0.3, 0.4) is 0 Å². The molecular formula is C13H22ClN3S. The van der Waals surface area contributed by atoms with E-state index in [1.165, 1.54) is 12.8 Å². The van der Waals surface area contributed by atoms with Crippen LogP contribution in [0.1, 0.15) is 51.1 Å². The molecule has 0 aliphatic carbocycles. The second-order valence-corrected chi connectivity index (χ2v) is 7.66. The average molecular weight is 288 g/mol. The molecule has 0 bridgehead atoms. The van der Waals surface area contributed by atoms with Crippen molar-refractivity contribution >= 4 is 22.9 Å². The summed E-state index contributed by atoms with van der Waals surface area (Å²) in [6, 6.07) is 0.346. The summed E-state index contributed by atoms with van der Waals surface area (Å²) < 4.78 is 0.746. The number of halogens is 1. The molecule has 1 aliphatic rings. The van der Waals surface area contributed by atoms with Gasteiger partial charge in [-0.3, -0.25) is 4.90 Å². The van der Waals surface area contributed by atoms with E-state index < -0.39 is 0 Å². The average Bonchev–Trinajstić information content (AvgIpc) is 2.56. The normalized spacial score (nSPS) is 27.2. The molecule has 18 heavy (non-hydrogen) atoms. The Morgan fingerprint density at radius 3 is 2.72 bits per heavy atom. The fourth-order valence-corrected chi connectivity index (χ4v) is 3.78. The van der Waals surface area contributed by atoms with Crippen LogP contribution in [0.15, 0.2) is 6.20 Å². The van der Waals surface area contributed by atoms with Gasteiger partial charge in [-0.25, -0.2) is 4.98 Å². The number of nitrogens with two attached hydrogens (primary N) is 1. The highest BCUT2D eigenvalue weighted by Crippen LogP contribution is 2.37. The Labute approximate surface area is 118 Å². The maximum atomic E-state index is 6.39. The fourth-order valence-electron chi connectivity index (χ4n) is 2.66. The Morgan fingerprint density at radius 2 is 2.17 bits per heavy atom. The number of hydrogen-bond acceptors (Lipinski definition) is 4. The third-order valence-corrected chi connectivity index (χ3v) is 4.72. The lowest BCUT2D eigenvalue weighted by atomic mass is 9.99. The van der Waals surface area contributed by atoms with Gasteiger partial charge in [0.05, 0.1) is 12.2 Å². The maximum absolute atomic E-state index is 6.39. The molecule has 0 radical (unpaired) electrons. The minimum atomic E-state index is 0.102. The number of likely N-dealkylation sites (tertiary alicyclic amines) is 1. The highest BCUT2D eigenvalue weighted by molar-refractivity contribution is 7.15. The summed E-state index contributed by atoms with van der Waals surface area (Å²) in [6.45, 7) is 7.81. The van der Waals surface area contributed by atoms with E-state index in [1.54, 1.807) is 17.5 Å². The van der Waals surface area contributed by atoms with Crippen LogP contribution in [-0.2, 0) is 0 Å². The first-order valence-electron chi connectivity index (χ1n) is 6.53. The number of rotatable bonds is 1. The molecule has 0 amide bonds. The number of aromatic nitrogens is 1. The van der Waals surface area contributed by atoms with Crippen molar-refractivity contribution in [2.75, 3.05) is 6.54 Å². The van der Waals surface area contributed by atoms with Crippen LogP contribution in [-0.4, -0.2) is 28.0 Å². The lowest BCUT2D eigenvalue weighted by Crippen LogP contribution is -2.49. The molecule has 2 N–H and O–H groups in total. The van der Waals surface area contributed by atoms with E-state index in [0.717, 1.165) is 22.3 Å². The largest absolute Gasteiger partial charge is 0.326 e. The van der Waals surface area contributed by atoms with Crippen molar-refractivity contribution < 1.29 is 0 Å². The Bertz CT molecular complexity index is 399. The van der Waals surface area contributed by atoms with Gasteiger partial charge in [-0.1, -0.05) is 18.0 Å². The topological polar surface area (TPSA) is 42.1 Å². The predicted molar refractivity (Wildman–Crippen MR) is 78.2 cm³/mol. The molecule has 0 saturated carbocycles. The van der Waals surface area contributed by atoms with Crippen LogP contribution in [0.5, 0.6) is 0 Å². The molecule has 1 saturated heterocycles. The van der Waals surface area contributed by atoms with Gasteiger partial charge in [0.2, 0.25) is 0 Å². The summed E-state index contributed by atoms with van der Waals surface area (Å²) in [6.07, 6.45) is 5.21. The van der Waals surface area contributed by atoms with E-state index >= 15 is 0 Å². The Morgan fingerprint density at radius 1 is 1.44 bits per heavy atom. The van der Waals surface area contributed by atoms with E-state index in [4.69, 9.17) is 17.3 Å². The maximum Gasteiger partial charge on any atom is 0.113 e. The summed E-state index contributed by atoms with van der Waals surface area (Å²) >= 11 is 7.59. The van der Waals surface area contributed by atoms with Gasteiger partial charge in [-0.15, -0.1) is 11.3 Å². The van der Waals surface area contributed by atoms with Gasteiger partial charge in [-0.2, -0.15) is 0 Å². The van der Waals surface area contributed by atoms with Crippen LogP contribution in [0.4, 0.5) is 0 Å². The molecule has 1 fully saturated rings. The van der Waals surface area contributed by atoms with Crippen molar-refractivity contribution in [2.24, 2.45) is 5.73 Å². The Balaban J connectivity index is 2.35. The summed E-state index contributed by atoms with van der Waals surface area (Å²) in [4.78, 5) is 6.95. The number of thiazole rings is 1. The molecule has 1 aliphatic heterocycles. The van der Waals surface area contributed by atoms with E-state index in [-0.39, 0.29) is 17.6 Å². The molecule has 0 spiro atoms. The molecule has 5 heteroatoms. The van der Waals surface area contributed by atoms with Gasteiger partial charge in [0.25, 0.3) is 0 Å². The van der Waals surface area contributed by atoms with Crippen molar-refractivity contribution in [3.63, 3.8) is 0 Å². The van der Waals surface area contributed by atoms with Crippen molar-refractivity contribution in [3.8, 4) is 0 Å². The van der Waals surface area contributed by atoms with E-state index in [1.807, 2.05) is 0 Å². The zero-order chi connectivity index (χ0) is 13.3. The zero-order valence-corrected chi connectivity index (χ0v) is 12.9. The van der Waals surface area contributed by atoms with E-state index in [9.17, 15) is 0 Å². The molecule has 1 aromatic rings. The number of hydrogen-bond donors (Lipinski definition) is 1. The molecule has 2 unspecified atom stereocenters. The third kappa shape index (κ3) is 3.05. The summed E-state index contributed by atoms with van der Waals surface area (Å²) in [5.74, 6) is 0. The molecule has 0 aromatic carbocycles. The standard InChI is InChI=1S/C13H22ClN3S/c1-13(2,3)17-7-5-4-6-9(15)11(17)12-16-8-10(14)18-12/h8-9,11H,4-7,15H2,1-3H3. The molecule has 2 heterocycles. The van der Waals surface area contributed by atoms with Crippen molar-refractivity contribution in [2.45, 2.75) is 57.7 Å². The van der Waals surface area contributed by atoms with Crippen molar-refractivity contribution in [1.82, 2.24) is 9.88 Å². The van der Waals surface area contributed by atoms with Gasteiger partial charge in [0, 0.05) is 11.6 Å². The molecule has 102 valence electrons. The van der Waals surface area contributed by atoms with Gasteiger partial charge in [-0.05, 0) is 40.2 Å². The van der Waals surface area contributed by atoms with Gasteiger partial charge < -0.3 is 5.73 Å². The smallest absolute Gasteiger partial charge is 0.113 e. The lowest BCUT2D eigenvalue weighted by Gasteiger charge is -2.41. The Hall–Kier alpha value is -0.160. The highest BCUT2D eigenvalue weighted by Gasteiger charge is 2.36. The molecule has 3 nitrogen and oxygen atoms in total. The first-order chi connectivity index (χ1) is 8.39. The van der Waals surface area contributed by atoms with E-state index in [0.29, 0.717) is 0 Å². The van der Waals surface area contributed by atoms with Crippen LogP contribution >= 0.6 is 22.9 Å². The predicted octanol–water partition coefficient (Wildman–Crippen LogP) is 3.45. The SMILES string of the molecule is CC(C)(C)N1CCCCC(N)C1c1ncc(Cl)s1. The molecule has 2 atom stereocenters. The van der Waals surface area contributed by atoms with Crippen LogP contribution in [0.25, 0.3) is 0 Å². The summed E-state index contributed by atoms with van der Waals surface area (Å²) in [5.41, 5.74) is 6.49. The molecule has 1 aromatic heterocycles. The molecular weight excluding hydrogens is 266 g/mol. The van der Waals surface area contributed by atoms with Crippen LogP contribution < -0.4 is 5.73 Å². The van der Waals surface area contributed by atoms with Gasteiger partial charge >= 0.3 is 0 Å². The van der Waals surface area contributed by atoms with Crippen LogP contribution in [0, 0.1) is 0 Å². The Kier molecular flexibility index (Phi) is 4.32. The quantitative estimate of drug-likeness (QED) is 0.860. The first kappa shape index (κ1) is 14.3. The minimum Gasteiger partial charge on any atom is -0.326 e. The molecule has 2 rings (SSSR count). The third-order valence-electron chi connectivity index (χ3n) is 3.54. The van der Waals surface area contributed by atoms with Gasteiger partial charge in [0.15, 0.2) is 0 Å². The fraction of sp³-hybridized carbons (Fsp3) is 0.769. The van der Waals surface area contributed by atoms with Crippen LogP contribution in [0.2, 0.25) is 4.34 Å². The number of nitrogens with zero attached hydrogens (tertiary/aromatic N) is 2. The van der Waals surface area contributed by atoms with Gasteiger partial charge in [0.1, 0.15) is 9.34 Å².